The Balaban J connectivity index is 1.17. The lowest BCUT2D eigenvalue weighted by Crippen LogP contribution is -2.49. The van der Waals surface area contributed by atoms with Crippen molar-refractivity contribution in [3.63, 3.8) is 0 Å². The number of anilines is 2. The summed E-state index contributed by atoms with van der Waals surface area (Å²) < 4.78 is 5.32. The predicted octanol–water partition coefficient (Wildman–Crippen LogP) is 2.28. The van der Waals surface area contributed by atoms with Crippen molar-refractivity contribution in [3.8, 4) is 5.75 Å². The minimum atomic E-state index is -0.0655. The van der Waals surface area contributed by atoms with Crippen molar-refractivity contribution in [2.75, 3.05) is 49.6 Å². The number of nitrogens with zero attached hydrogens (tertiary/aromatic N) is 4. The zero-order valence-electron chi connectivity index (χ0n) is 17.5. The van der Waals surface area contributed by atoms with Crippen LogP contribution in [0.2, 0.25) is 0 Å². The Morgan fingerprint density at radius 2 is 1.87 bits per heavy atom. The molecule has 2 saturated heterocycles. The Kier molecular flexibility index (Phi) is 6.51. The van der Waals surface area contributed by atoms with Crippen LogP contribution in [-0.2, 0) is 0 Å². The topological polar surface area (TPSA) is 82.6 Å². The minimum absolute atomic E-state index is 0.0655. The van der Waals surface area contributed by atoms with E-state index in [1.807, 2.05) is 18.2 Å². The number of benzene rings is 1. The molecule has 2 aliphatic heterocycles. The van der Waals surface area contributed by atoms with E-state index in [0.29, 0.717) is 12.5 Å². The summed E-state index contributed by atoms with van der Waals surface area (Å²) >= 11 is 0. The number of ether oxygens (including phenoxy) is 1. The number of hydrogen-bond acceptors (Lipinski definition) is 6. The molecule has 2 aliphatic rings. The maximum absolute atomic E-state index is 12.4. The first-order chi connectivity index (χ1) is 14.7. The van der Waals surface area contributed by atoms with Crippen LogP contribution in [0.15, 0.2) is 42.7 Å². The average molecular weight is 411 g/mol. The van der Waals surface area contributed by atoms with Gasteiger partial charge < -0.3 is 25.2 Å². The Morgan fingerprint density at radius 3 is 2.63 bits per heavy atom. The third-order valence-corrected chi connectivity index (χ3v) is 5.92. The maximum atomic E-state index is 12.4. The molecule has 1 atom stereocenters. The number of rotatable bonds is 6. The van der Waals surface area contributed by atoms with Crippen LogP contribution in [0.3, 0.4) is 0 Å². The molecule has 0 radical (unpaired) electrons. The molecule has 1 aromatic heterocycles. The third-order valence-electron chi connectivity index (χ3n) is 5.92. The van der Waals surface area contributed by atoms with Gasteiger partial charge in [-0.25, -0.2) is 14.8 Å². The van der Waals surface area contributed by atoms with Crippen molar-refractivity contribution in [3.05, 3.63) is 42.7 Å². The van der Waals surface area contributed by atoms with Crippen LogP contribution in [0.25, 0.3) is 0 Å². The number of methoxy groups -OCH3 is 1. The highest BCUT2D eigenvalue weighted by Crippen LogP contribution is 2.26. The van der Waals surface area contributed by atoms with Crippen molar-refractivity contribution in [1.29, 1.82) is 0 Å². The van der Waals surface area contributed by atoms with Gasteiger partial charge >= 0.3 is 6.03 Å². The van der Waals surface area contributed by atoms with Gasteiger partial charge in [0.2, 0.25) is 5.95 Å². The van der Waals surface area contributed by atoms with E-state index < -0.39 is 0 Å². The van der Waals surface area contributed by atoms with Gasteiger partial charge in [-0.1, -0.05) is 6.07 Å². The van der Waals surface area contributed by atoms with E-state index in [4.69, 9.17) is 4.74 Å². The molecule has 1 unspecified atom stereocenters. The van der Waals surface area contributed by atoms with E-state index in [0.717, 1.165) is 57.1 Å². The Morgan fingerprint density at radius 1 is 1.10 bits per heavy atom. The van der Waals surface area contributed by atoms with Crippen molar-refractivity contribution in [2.45, 2.75) is 25.3 Å². The van der Waals surface area contributed by atoms with Gasteiger partial charge in [0.25, 0.3) is 0 Å². The highest BCUT2D eigenvalue weighted by molar-refractivity contribution is 5.74. The quantitative estimate of drug-likeness (QED) is 0.760. The van der Waals surface area contributed by atoms with Crippen LogP contribution in [0.5, 0.6) is 5.75 Å². The second kappa shape index (κ2) is 9.65. The van der Waals surface area contributed by atoms with Crippen LogP contribution in [-0.4, -0.2) is 61.9 Å². The van der Waals surface area contributed by atoms with Gasteiger partial charge in [0.15, 0.2) is 0 Å². The normalized spacial score (nSPS) is 19.6. The molecule has 8 heteroatoms. The van der Waals surface area contributed by atoms with Gasteiger partial charge in [-0.15, -0.1) is 0 Å². The fraction of sp³-hybridized carbons (Fsp3) is 0.500. The summed E-state index contributed by atoms with van der Waals surface area (Å²) in [5, 5.41) is 6.19. The Labute approximate surface area is 177 Å². The molecule has 0 saturated carbocycles. The zero-order valence-corrected chi connectivity index (χ0v) is 17.5. The number of urea groups is 1. The van der Waals surface area contributed by atoms with E-state index in [2.05, 4.69) is 42.5 Å². The number of hydrogen-bond donors (Lipinski definition) is 2. The summed E-state index contributed by atoms with van der Waals surface area (Å²) in [6.45, 7) is 4.35. The summed E-state index contributed by atoms with van der Waals surface area (Å²) in [5.74, 6) is 2.10. The van der Waals surface area contributed by atoms with Crippen LogP contribution in [0.4, 0.5) is 16.4 Å². The SMILES string of the molecule is COc1cccc(N2CCC(CNC(=O)NC3CCN(c4ncccn4)CC3)C2)c1. The van der Waals surface area contributed by atoms with E-state index in [1.165, 1.54) is 5.69 Å². The molecule has 1 aromatic carbocycles. The minimum Gasteiger partial charge on any atom is -0.497 e. The van der Waals surface area contributed by atoms with Crippen LogP contribution in [0.1, 0.15) is 19.3 Å². The van der Waals surface area contributed by atoms with E-state index in [9.17, 15) is 4.79 Å². The monoisotopic (exact) mass is 410 g/mol. The lowest BCUT2D eigenvalue weighted by Gasteiger charge is -2.32. The lowest BCUT2D eigenvalue weighted by molar-refractivity contribution is 0.233. The third kappa shape index (κ3) is 5.11. The first kappa shape index (κ1) is 20.3. The van der Waals surface area contributed by atoms with Gasteiger partial charge in [-0.2, -0.15) is 0 Å². The first-order valence-electron chi connectivity index (χ1n) is 10.7. The average Bonchev–Trinajstić information content (AvgIpc) is 3.28. The Bertz CT molecular complexity index is 825. The second-order valence-corrected chi connectivity index (χ2v) is 7.97. The van der Waals surface area contributed by atoms with Crippen LogP contribution in [0, 0.1) is 5.92 Å². The number of piperidine rings is 1. The summed E-state index contributed by atoms with van der Waals surface area (Å²) in [6, 6.07) is 10.1. The van der Waals surface area contributed by atoms with E-state index >= 15 is 0 Å². The van der Waals surface area contributed by atoms with Crippen LogP contribution >= 0.6 is 0 Å². The molecular formula is C22H30N6O2. The van der Waals surface area contributed by atoms with Gasteiger partial charge in [0.05, 0.1) is 7.11 Å². The van der Waals surface area contributed by atoms with Crippen molar-refractivity contribution >= 4 is 17.7 Å². The standard InChI is InChI=1S/C22H30N6O2/c1-30-20-5-2-4-19(14-20)28-11-6-17(16-28)15-25-22(29)26-18-7-12-27(13-8-18)21-23-9-3-10-24-21/h2-5,9-10,14,17-18H,6-8,11-13,15-16H2,1H3,(H2,25,26,29). The smallest absolute Gasteiger partial charge is 0.315 e. The molecule has 0 bridgehead atoms. The number of carbonyl (C=O) groups excluding carboxylic acids is 1. The van der Waals surface area contributed by atoms with Gasteiger partial charge in [-0.3, -0.25) is 0 Å². The molecule has 30 heavy (non-hydrogen) atoms. The molecule has 2 fully saturated rings. The largest absolute Gasteiger partial charge is 0.497 e. The fourth-order valence-corrected chi connectivity index (χ4v) is 4.19. The van der Waals surface area contributed by atoms with Crippen molar-refractivity contribution < 1.29 is 9.53 Å². The Hall–Kier alpha value is -3.03. The van der Waals surface area contributed by atoms with E-state index in [-0.39, 0.29) is 12.1 Å². The maximum Gasteiger partial charge on any atom is 0.315 e. The zero-order chi connectivity index (χ0) is 20.8. The number of carbonyl (C=O) groups is 1. The van der Waals surface area contributed by atoms with Crippen LogP contribution < -0.4 is 25.2 Å². The molecule has 2 amide bonds. The van der Waals surface area contributed by atoms with E-state index in [1.54, 1.807) is 19.5 Å². The molecule has 8 nitrogen and oxygen atoms in total. The predicted molar refractivity (Wildman–Crippen MR) is 117 cm³/mol. The summed E-state index contributed by atoms with van der Waals surface area (Å²) in [7, 11) is 1.69. The first-order valence-corrected chi connectivity index (χ1v) is 10.7. The van der Waals surface area contributed by atoms with Gasteiger partial charge in [0, 0.05) is 62.9 Å². The summed E-state index contributed by atoms with van der Waals surface area (Å²) in [6.07, 6.45) is 6.40. The second-order valence-electron chi connectivity index (χ2n) is 7.97. The molecule has 160 valence electrons. The molecule has 0 spiro atoms. The highest BCUT2D eigenvalue weighted by Gasteiger charge is 2.25. The molecular weight excluding hydrogens is 380 g/mol. The molecule has 3 heterocycles. The fourth-order valence-electron chi connectivity index (χ4n) is 4.19. The lowest BCUT2D eigenvalue weighted by atomic mass is 10.1. The van der Waals surface area contributed by atoms with Gasteiger partial charge in [-0.05, 0) is 43.4 Å². The molecule has 2 aromatic rings. The molecule has 0 aliphatic carbocycles. The van der Waals surface area contributed by atoms with Gasteiger partial charge in [0.1, 0.15) is 5.75 Å². The number of amides is 2. The molecule has 4 rings (SSSR count). The van der Waals surface area contributed by atoms with Crippen molar-refractivity contribution in [2.24, 2.45) is 5.92 Å². The highest BCUT2D eigenvalue weighted by atomic mass is 16.5. The van der Waals surface area contributed by atoms with Crippen molar-refractivity contribution in [1.82, 2.24) is 20.6 Å². The summed E-state index contributed by atoms with van der Waals surface area (Å²) in [5.41, 5.74) is 1.18. The summed E-state index contributed by atoms with van der Waals surface area (Å²) in [4.78, 5) is 25.5. The number of nitrogens with one attached hydrogen (secondary N) is 2. The molecule has 2 N–H and O–H groups in total. The number of aromatic nitrogens is 2.